The van der Waals surface area contributed by atoms with E-state index in [1.807, 2.05) is 22.9 Å². The van der Waals surface area contributed by atoms with Crippen LogP contribution < -0.4 is 5.73 Å². The van der Waals surface area contributed by atoms with Gasteiger partial charge in [0.15, 0.2) is 0 Å². The molecule has 0 aliphatic heterocycles. The highest BCUT2D eigenvalue weighted by molar-refractivity contribution is 5.81. The average molecular weight is 205 g/mol. The summed E-state index contributed by atoms with van der Waals surface area (Å²) in [6, 6.07) is 8.11. The number of methoxy groups -OCH3 is 1. The standard InChI is InChI=1S/C11H15N3O/c1-15-7-6-14-11-5-3-2-4-9(11)10(8-12)13-14/h2-5H,6-8,12H2,1H3. The molecule has 0 fully saturated rings. The summed E-state index contributed by atoms with van der Waals surface area (Å²) in [6.45, 7) is 1.90. The lowest BCUT2D eigenvalue weighted by Crippen LogP contribution is -2.06. The quantitative estimate of drug-likeness (QED) is 0.814. The van der Waals surface area contributed by atoms with Crippen LogP contribution in [-0.4, -0.2) is 23.5 Å². The minimum atomic E-state index is 0.473. The summed E-state index contributed by atoms with van der Waals surface area (Å²) >= 11 is 0. The largest absolute Gasteiger partial charge is 0.383 e. The van der Waals surface area contributed by atoms with Crippen LogP contribution in [0.1, 0.15) is 5.69 Å². The van der Waals surface area contributed by atoms with Crippen molar-refractivity contribution < 1.29 is 4.74 Å². The number of nitrogens with two attached hydrogens (primary N) is 1. The van der Waals surface area contributed by atoms with Gasteiger partial charge in [-0.25, -0.2) is 0 Å². The molecule has 0 bridgehead atoms. The van der Waals surface area contributed by atoms with Gasteiger partial charge < -0.3 is 10.5 Å². The fourth-order valence-corrected chi connectivity index (χ4v) is 1.70. The van der Waals surface area contributed by atoms with Gasteiger partial charge in [0.25, 0.3) is 0 Å². The van der Waals surface area contributed by atoms with Crippen molar-refractivity contribution in [3.05, 3.63) is 30.0 Å². The van der Waals surface area contributed by atoms with Crippen LogP contribution in [0.25, 0.3) is 10.9 Å². The SMILES string of the molecule is COCCn1nc(CN)c2ccccc21. The van der Waals surface area contributed by atoms with Crippen molar-refractivity contribution in [2.45, 2.75) is 13.1 Å². The Kier molecular flexibility index (Phi) is 2.99. The molecule has 0 aliphatic rings. The number of nitrogens with zero attached hydrogens (tertiary/aromatic N) is 2. The Bertz CT molecular complexity index is 450. The highest BCUT2D eigenvalue weighted by Gasteiger charge is 2.07. The van der Waals surface area contributed by atoms with Gasteiger partial charge in [-0.3, -0.25) is 4.68 Å². The smallest absolute Gasteiger partial charge is 0.0839 e. The Labute approximate surface area is 88.6 Å². The first-order valence-corrected chi connectivity index (χ1v) is 5.00. The summed E-state index contributed by atoms with van der Waals surface area (Å²) in [5, 5.41) is 5.59. The molecule has 0 amide bonds. The molecule has 0 atom stereocenters. The number of aromatic nitrogens is 2. The van der Waals surface area contributed by atoms with Crippen molar-refractivity contribution in [3.8, 4) is 0 Å². The number of benzene rings is 1. The molecule has 4 heteroatoms. The minimum absolute atomic E-state index is 0.473. The van der Waals surface area contributed by atoms with Crippen LogP contribution in [-0.2, 0) is 17.8 Å². The zero-order valence-electron chi connectivity index (χ0n) is 8.81. The molecule has 15 heavy (non-hydrogen) atoms. The summed E-state index contributed by atoms with van der Waals surface area (Å²) < 4.78 is 6.99. The molecule has 0 saturated carbocycles. The van der Waals surface area contributed by atoms with Crippen LogP contribution >= 0.6 is 0 Å². The fraction of sp³-hybridized carbons (Fsp3) is 0.364. The molecule has 4 nitrogen and oxygen atoms in total. The second-order valence-electron chi connectivity index (χ2n) is 3.38. The molecule has 2 rings (SSSR count). The van der Waals surface area contributed by atoms with Gasteiger partial charge in [-0.2, -0.15) is 5.10 Å². The highest BCUT2D eigenvalue weighted by atomic mass is 16.5. The third-order valence-electron chi connectivity index (χ3n) is 2.44. The molecule has 2 N–H and O–H groups in total. The van der Waals surface area contributed by atoms with E-state index >= 15 is 0 Å². The summed E-state index contributed by atoms with van der Waals surface area (Å²) in [7, 11) is 1.69. The number of ether oxygens (including phenoxy) is 1. The first kappa shape index (κ1) is 10.1. The van der Waals surface area contributed by atoms with Gasteiger partial charge in [-0.15, -0.1) is 0 Å². The number of hydrogen-bond acceptors (Lipinski definition) is 3. The van der Waals surface area contributed by atoms with E-state index in [1.54, 1.807) is 7.11 Å². The maximum Gasteiger partial charge on any atom is 0.0839 e. The van der Waals surface area contributed by atoms with Crippen molar-refractivity contribution in [1.82, 2.24) is 9.78 Å². The van der Waals surface area contributed by atoms with Crippen LogP contribution in [0.5, 0.6) is 0 Å². The lowest BCUT2D eigenvalue weighted by molar-refractivity contribution is 0.184. The fourth-order valence-electron chi connectivity index (χ4n) is 1.70. The van der Waals surface area contributed by atoms with Crippen molar-refractivity contribution in [2.24, 2.45) is 5.73 Å². The third kappa shape index (κ3) is 1.86. The van der Waals surface area contributed by atoms with Crippen LogP contribution in [0.4, 0.5) is 0 Å². The van der Waals surface area contributed by atoms with Crippen molar-refractivity contribution >= 4 is 10.9 Å². The van der Waals surface area contributed by atoms with E-state index in [9.17, 15) is 0 Å². The number of para-hydroxylation sites is 1. The van der Waals surface area contributed by atoms with E-state index in [4.69, 9.17) is 10.5 Å². The molecule has 0 spiro atoms. The minimum Gasteiger partial charge on any atom is -0.383 e. The van der Waals surface area contributed by atoms with E-state index in [0.717, 1.165) is 23.1 Å². The Morgan fingerprint density at radius 3 is 2.93 bits per heavy atom. The maximum atomic E-state index is 5.65. The molecule has 2 aromatic rings. The van der Waals surface area contributed by atoms with E-state index in [0.29, 0.717) is 13.2 Å². The van der Waals surface area contributed by atoms with Gasteiger partial charge in [0.1, 0.15) is 0 Å². The maximum absolute atomic E-state index is 5.65. The second kappa shape index (κ2) is 4.42. The molecular weight excluding hydrogens is 190 g/mol. The van der Waals surface area contributed by atoms with E-state index in [1.165, 1.54) is 0 Å². The summed E-state index contributed by atoms with van der Waals surface area (Å²) in [5.74, 6) is 0. The van der Waals surface area contributed by atoms with Gasteiger partial charge in [0.05, 0.1) is 24.4 Å². The molecule has 0 saturated heterocycles. The number of rotatable bonds is 4. The van der Waals surface area contributed by atoms with Crippen LogP contribution in [0, 0.1) is 0 Å². The molecular formula is C11H15N3O. The van der Waals surface area contributed by atoms with E-state index < -0.39 is 0 Å². The van der Waals surface area contributed by atoms with Gasteiger partial charge >= 0.3 is 0 Å². The van der Waals surface area contributed by atoms with Crippen molar-refractivity contribution in [3.63, 3.8) is 0 Å². The van der Waals surface area contributed by atoms with Gasteiger partial charge in [-0.1, -0.05) is 18.2 Å². The molecule has 0 radical (unpaired) electrons. The molecule has 1 aromatic heterocycles. The summed E-state index contributed by atoms with van der Waals surface area (Å²) in [5.41, 5.74) is 7.72. The van der Waals surface area contributed by atoms with Crippen LogP contribution in [0.2, 0.25) is 0 Å². The molecule has 80 valence electrons. The molecule has 0 unspecified atom stereocenters. The Morgan fingerprint density at radius 1 is 1.40 bits per heavy atom. The monoisotopic (exact) mass is 205 g/mol. The van der Waals surface area contributed by atoms with Crippen LogP contribution in [0.3, 0.4) is 0 Å². The second-order valence-corrected chi connectivity index (χ2v) is 3.38. The van der Waals surface area contributed by atoms with Crippen molar-refractivity contribution in [1.29, 1.82) is 0 Å². The lowest BCUT2D eigenvalue weighted by atomic mass is 10.2. The first-order valence-electron chi connectivity index (χ1n) is 5.00. The topological polar surface area (TPSA) is 53.1 Å². The Morgan fingerprint density at radius 2 is 2.20 bits per heavy atom. The van der Waals surface area contributed by atoms with E-state index in [-0.39, 0.29) is 0 Å². The first-order chi connectivity index (χ1) is 7.36. The number of fused-ring (bicyclic) bond motifs is 1. The Hall–Kier alpha value is -1.39. The van der Waals surface area contributed by atoms with E-state index in [2.05, 4.69) is 11.2 Å². The Balaban J connectivity index is 2.45. The van der Waals surface area contributed by atoms with Gasteiger partial charge in [0, 0.05) is 19.0 Å². The highest BCUT2D eigenvalue weighted by Crippen LogP contribution is 2.17. The zero-order valence-corrected chi connectivity index (χ0v) is 8.81. The number of hydrogen-bond donors (Lipinski definition) is 1. The molecule has 0 aliphatic carbocycles. The summed E-state index contributed by atoms with van der Waals surface area (Å²) in [6.07, 6.45) is 0. The predicted octanol–water partition coefficient (Wildman–Crippen LogP) is 1.14. The zero-order chi connectivity index (χ0) is 10.7. The van der Waals surface area contributed by atoms with Gasteiger partial charge in [-0.05, 0) is 6.07 Å². The lowest BCUT2D eigenvalue weighted by Gasteiger charge is -2.01. The van der Waals surface area contributed by atoms with Crippen LogP contribution in [0.15, 0.2) is 24.3 Å². The average Bonchev–Trinajstić information content (AvgIpc) is 2.65. The predicted molar refractivity (Wildman–Crippen MR) is 59.5 cm³/mol. The molecule has 1 heterocycles. The summed E-state index contributed by atoms with van der Waals surface area (Å²) in [4.78, 5) is 0. The normalized spacial score (nSPS) is 11.1. The third-order valence-corrected chi connectivity index (χ3v) is 2.44. The van der Waals surface area contributed by atoms with Crippen molar-refractivity contribution in [2.75, 3.05) is 13.7 Å². The van der Waals surface area contributed by atoms with Gasteiger partial charge in [0.2, 0.25) is 0 Å². The molecule has 1 aromatic carbocycles.